The van der Waals surface area contributed by atoms with Crippen molar-refractivity contribution < 1.29 is 19.1 Å². The number of nitrogens with zero attached hydrogens (tertiary/aromatic N) is 1. The number of ether oxygens (including phenoxy) is 1. The minimum Gasteiger partial charge on any atom is -0.497 e. The third kappa shape index (κ3) is 3.83. The number of carbonyl (C=O) groups excluding carboxylic acids is 3. The normalized spacial score (nSPS) is 16.0. The molecule has 1 saturated heterocycles. The maximum absolute atomic E-state index is 12.7. The van der Waals surface area contributed by atoms with Gasteiger partial charge in [0.1, 0.15) is 5.75 Å². The summed E-state index contributed by atoms with van der Waals surface area (Å²) >= 11 is 0. The molecule has 0 radical (unpaired) electrons. The molecule has 0 aromatic heterocycles. The molecule has 1 aliphatic heterocycles. The van der Waals surface area contributed by atoms with Crippen LogP contribution in [0, 0.1) is 12.8 Å². The standard InChI is InChI=1S/C21H23N3O4/c1-13-17(21(27)22-2)8-5-9-18(13)23-20(26)14-10-19(25)24(12-14)15-6-4-7-16(11-15)28-3/h4-9,11,14H,10,12H2,1-3H3,(H,22,27)(H,23,26). The van der Waals surface area contributed by atoms with E-state index in [1.165, 1.54) is 0 Å². The Morgan fingerprint density at radius 1 is 1.18 bits per heavy atom. The molecule has 1 atom stereocenters. The SMILES string of the molecule is CNC(=O)c1cccc(NC(=O)C2CC(=O)N(c3cccc(OC)c3)C2)c1C. The topological polar surface area (TPSA) is 87.7 Å². The molecule has 0 spiro atoms. The summed E-state index contributed by atoms with van der Waals surface area (Å²) in [7, 11) is 3.13. The number of amides is 3. The average Bonchev–Trinajstić information content (AvgIpc) is 3.11. The first kappa shape index (κ1) is 19.4. The van der Waals surface area contributed by atoms with Crippen molar-refractivity contribution in [1.29, 1.82) is 0 Å². The van der Waals surface area contributed by atoms with Gasteiger partial charge >= 0.3 is 0 Å². The molecule has 1 aliphatic rings. The summed E-state index contributed by atoms with van der Waals surface area (Å²) < 4.78 is 5.21. The molecule has 0 saturated carbocycles. The molecule has 28 heavy (non-hydrogen) atoms. The highest BCUT2D eigenvalue weighted by atomic mass is 16.5. The Morgan fingerprint density at radius 3 is 2.64 bits per heavy atom. The lowest BCUT2D eigenvalue weighted by molar-refractivity contribution is -0.122. The number of hydrogen-bond acceptors (Lipinski definition) is 4. The highest BCUT2D eigenvalue weighted by Gasteiger charge is 2.35. The molecule has 146 valence electrons. The Hall–Kier alpha value is -3.35. The van der Waals surface area contributed by atoms with E-state index < -0.39 is 5.92 Å². The van der Waals surface area contributed by atoms with E-state index in [0.717, 1.165) is 0 Å². The Kier molecular flexibility index (Phi) is 5.63. The molecule has 1 unspecified atom stereocenters. The maximum atomic E-state index is 12.7. The van der Waals surface area contributed by atoms with Gasteiger partial charge in [-0.25, -0.2) is 0 Å². The van der Waals surface area contributed by atoms with Crippen molar-refractivity contribution in [3.63, 3.8) is 0 Å². The molecule has 2 N–H and O–H groups in total. The first-order chi connectivity index (χ1) is 13.4. The van der Waals surface area contributed by atoms with Gasteiger partial charge in [-0.2, -0.15) is 0 Å². The molecule has 7 heteroatoms. The lowest BCUT2D eigenvalue weighted by atomic mass is 10.0. The van der Waals surface area contributed by atoms with Crippen molar-refractivity contribution >= 4 is 29.1 Å². The van der Waals surface area contributed by atoms with Crippen molar-refractivity contribution in [2.24, 2.45) is 5.92 Å². The van der Waals surface area contributed by atoms with E-state index in [4.69, 9.17) is 4.74 Å². The molecule has 3 amide bonds. The Morgan fingerprint density at radius 2 is 1.93 bits per heavy atom. The Bertz CT molecular complexity index is 926. The summed E-state index contributed by atoms with van der Waals surface area (Å²) in [5, 5.41) is 5.45. The van der Waals surface area contributed by atoms with Gasteiger partial charge in [-0.15, -0.1) is 0 Å². The third-order valence-corrected chi connectivity index (χ3v) is 4.92. The molecular formula is C21H23N3O4. The molecule has 7 nitrogen and oxygen atoms in total. The monoisotopic (exact) mass is 381 g/mol. The van der Waals surface area contributed by atoms with Crippen LogP contribution < -0.4 is 20.3 Å². The van der Waals surface area contributed by atoms with Crippen LogP contribution in [0.5, 0.6) is 5.75 Å². The zero-order valence-electron chi connectivity index (χ0n) is 16.1. The van der Waals surface area contributed by atoms with Gasteiger partial charge in [0.15, 0.2) is 0 Å². The number of hydrogen-bond donors (Lipinski definition) is 2. The summed E-state index contributed by atoms with van der Waals surface area (Å²) in [6.45, 7) is 2.08. The number of rotatable bonds is 5. The number of nitrogens with one attached hydrogen (secondary N) is 2. The smallest absolute Gasteiger partial charge is 0.251 e. The zero-order chi connectivity index (χ0) is 20.3. The van der Waals surface area contributed by atoms with Crippen LogP contribution in [-0.2, 0) is 9.59 Å². The van der Waals surface area contributed by atoms with Gasteiger partial charge in [-0.3, -0.25) is 14.4 Å². The fourth-order valence-electron chi connectivity index (χ4n) is 3.30. The summed E-state index contributed by atoms with van der Waals surface area (Å²) in [4.78, 5) is 38.7. The number of methoxy groups -OCH3 is 1. The van der Waals surface area contributed by atoms with Gasteiger partial charge in [-0.05, 0) is 36.8 Å². The van der Waals surface area contributed by atoms with Gasteiger partial charge in [-0.1, -0.05) is 12.1 Å². The van der Waals surface area contributed by atoms with Gasteiger partial charge in [0.05, 0.1) is 13.0 Å². The lowest BCUT2D eigenvalue weighted by Gasteiger charge is -2.18. The lowest BCUT2D eigenvalue weighted by Crippen LogP contribution is -2.28. The van der Waals surface area contributed by atoms with Crippen LogP contribution in [0.2, 0.25) is 0 Å². The van der Waals surface area contributed by atoms with Gasteiger partial charge in [0, 0.05) is 43.0 Å². The quantitative estimate of drug-likeness (QED) is 0.832. The minimum absolute atomic E-state index is 0.107. The first-order valence-corrected chi connectivity index (χ1v) is 9.01. The van der Waals surface area contributed by atoms with Gasteiger partial charge in [0.25, 0.3) is 5.91 Å². The van der Waals surface area contributed by atoms with Crippen LogP contribution in [0.3, 0.4) is 0 Å². The summed E-state index contributed by atoms with van der Waals surface area (Å²) in [5.74, 6) is -0.379. The predicted molar refractivity (Wildman–Crippen MR) is 107 cm³/mol. The van der Waals surface area contributed by atoms with E-state index in [1.807, 2.05) is 12.1 Å². The predicted octanol–water partition coefficient (Wildman–Crippen LogP) is 2.35. The van der Waals surface area contributed by atoms with E-state index in [2.05, 4.69) is 10.6 Å². The van der Waals surface area contributed by atoms with Crippen LogP contribution >= 0.6 is 0 Å². The molecule has 1 fully saturated rings. The van der Waals surface area contributed by atoms with Gasteiger partial charge < -0.3 is 20.3 Å². The third-order valence-electron chi connectivity index (χ3n) is 4.92. The fraction of sp³-hybridized carbons (Fsp3) is 0.286. The van der Waals surface area contributed by atoms with Gasteiger partial charge in [0.2, 0.25) is 11.8 Å². The molecule has 3 rings (SSSR count). The zero-order valence-corrected chi connectivity index (χ0v) is 16.1. The van der Waals surface area contributed by atoms with Crippen molar-refractivity contribution in [3.05, 3.63) is 53.6 Å². The fourth-order valence-corrected chi connectivity index (χ4v) is 3.30. The molecule has 1 heterocycles. The first-order valence-electron chi connectivity index (χ1n) is 9.01. The van der Waals surface area contributed by atoms with E-state index in [0.29, 0.717) is 34.8 Å². The van der Waals surface area contributed by atoms with Crippen LogP contribution in [0.25, 0.3) is 0 Å². The van der Waals surface area contributed by atoms with Crippen molar-refractivity contribution in [2.45, 2.75) is 13.3 Å². The number of carbonyl (C=O) groups is 3. The van der Waals surface area contributed by atoms with E-state index in [1.54, 1.807) is 56.3 Å². The van der Waals surface area contributed by atoms with Crippen LogP contribution in [-0.4, -0.2) is 38.4 Å². The highest BCUT2D eigenvalue weighted by molar-refractivity contribution is 6.04. The minimum atomic E-state index is -0.471. The second-order valence-electron chi connectivity index (χ2n) is 6.65. The van der Waals surface area contributed by atoms with Crippen molar-refractivity contribution in [2.75, 3.05) is 30.9 Å². The van der Waals surface area contributed by atoms with Crippen LogP contribution in [0.15, 0.2) is 42.5 Å². The molecule has 2 aromatic carbocycles. The average molecular weight is 381 g/mol. The van der Waals surface area contributed by atoms with Crippen LogP contribution in [0.1, 0.15) is 22.3 Å². The maximum Gasteiger partial charge on any atom is 0.251 e. The van der Waals surface area contributed by atoms with E-state index in [9.17, 15) is 14.4 Å². The molecule has 0 bridgehead atoms. The van der Waals surface area contributed by atoms with Crippen molar-refractivity contribution in [3.8, 4) is 5.75 Å². The van der Waals surface area contributed by atoms with Crippen LogP contribution in [0.4, 0.5) is 11.4 Å². The van der Waals surface area contributed by atoms with E-state index >= 15 is 0 Å². The Labute approximate surface area is 163 Å². The summed E-state index contributed by atoms with van der Waals surface area (Å²) in [6.07, 6.45) is 0.136. The highest BCUT2D eigenvalue weighted by Crippen LogP contribution is 2.29. The second kappa shape index (κ2) is 8.12. The number of anilines is 2. The summed E-state index contributed by atoms with van der Waals surface area (Å²) in [6, 6.07) is 12.4. The molecular weight excluding hydrogens is 358 g/mol. The molecule has 0 aliphatic carbocycles. The van der Waals surface area contributed by atoms with E-state index in [-0.39, 0.29) is 24.1 Å². The number of benzene rings is 2. The summed E-state index contributed by atoms with van der Waals surface area (Å²) in [5.41, 5.74) is 2.46. The largest absolute Gasteiger partial charge is 0.497 e. The Balaban J connectivity index is 1.74. The molecule has 2 aromatic rings. The van der Waals surface area contributed by atoms with Crippen molar-refractivity contribution in [1.82, 2.24) is 5.32 Å². The second-order valence-corrected chi connectivity index (χ2v) is 6.65.